The molecular formula is C14H18N4O3. The van der Waals surface area contributed by atoms with Crippen molar-refractivity contribution in [1.82, 2.24) is 20.3 Å². The number of benzene rings is 1. The molecule has 21 heavy (non-hydrogen) atoms. The highest BCUT2D eigenvalue weighted by Gasteiger charge is 2.23. The lowest BCUT2D eigenvalue weighted by Gasteiger charge is -2.23. The van der Waals surface area contributed by atoms with Crippen LogP contribution < -0.4 is 5.32 Å². The van der Waals surface area contributed by atoms with Crippen LogP contribution in [0.15, 0.2) is 18.2 Å². The molecule has 0 aliphatic heterocycles. The monoisotopic (exact) mass is 290 g/mol. The summed E-state index contributed by atoms with van der Waals surface area (Å²) >= 11 is 0. The second-order valence-electron chi connectivity index (χ2n) is 5.96. The lowest BCUT2D eigenvalue weighted by molar-refractivity contribution is -0.125. The van der Waals surface area contributed by atoms with Gasteiger partial charge in [-0.05, 0) is 45.9 Å². The van der Waals surface area contributed by atoms with Crippen LogP contribution in [0, 0.1) is 0 Å². The van der Waals surface area contributed by atoms with Crippen LogP contribution in [-0.4, -0.2) is 37.5 Å². The van der Waals surface area contributed by atoms with E-state index in [1.165, 1.54) is 16.8 Å². The zero-order chi connectivity index (χ0) is 15.8. The van der Waals surface area contributed by atoms with Gasteiger partial charge in [0.15, 0.2) is 0 Å². The predicted molar refractivity (Wildman–Crippen MR) is 77.1 cm³/mol. The maximum atomic E-state index is 12.2. The molecule has 0 saturated heterocycles. The van der Waals surface area contributed by atoms with Crippen molar-refractivity contribution in [3.8, 4) is 0 Å². The number of nitrogens with one attached hydrogen (secondary N) is 1. The van der Waals surface area contributed by atoms with Gasteiger partial charge in [-0.25, -0.2) is 9.48 Å². The number of carbonyl (C=O) groups excluding carboxylic acids is 1. The molecule has 1 aromatic carbocycles. The third-order valence-electron chi connectivity index (χ3n) is 2.96. The summed E-state index contributed by atoms with van der Waals surface area (Å²) in [6.07, 6.45) is 0. The molecule has 2 rings (SSSR count). The molecule has 0 radical (unpaired) electrons. The van der Waals surface area contributed by atoms with Gasteiger partial charge in [-0.15, -0.1) is 5.10 Å². The molecule has 1 unspecified atom stereocenters. The number of nitrogens with zero attached hydrogens (tertiary/aromatic N) is 3. The van der Waals surface area contributed by atoms with Crippen molar-refractivity contribution in [3.63, 3.8) is 0 Å². The Hall–Kier alpha value is -2.44. The van der Waals surface area contributed by atoms with E-state index in [-0.39, 0.29) is 17.0 Å². The topological polar surface area (TPSA) is 97.1 Å². The molecule has 1 heterocycles. The highest BCUT2D eigenvalue weighted by atomic mass is 16.4. The summed E-state index contributed by atoms with van der Waals surface area (Å²) in [4.78, 5) is 23.1. The maximum absolute atomic E-state index is 12.2. The van der Waals surface area contributed by atoms with Gasteiger partial charge >= 0.3 is 5.97 Å². The number of rotatable bonds is 3. The summed E-state index contributed by atoms with van der Waals surface area (Å²) in [5.41, 5.74) is 0.876. The van der Waals surface area contributed by atoms with Crippen LogP contribution in [0.2, 0.25) is 0 Å². The molecule has 1 amide bonds. The molecule has 2 aromatic rings. The van der Waals surface area contributed by atoms with Gasteiger partial charge in [0.2, 0.25) is 5.91 Å². The molecule has 0 spiro atoms. The van der Waals surface area contributed by atoms with Crippen molar-refractivity contribution < 1.29 is 14.7 Å². The van der Waals surface area contributed by atoms with Gasteiger partial charge in [-0.1, -0.05) is 5.21 Å². The van der Waals surface area contributed by atoms with Gasteiger partial charge in [0.05, 0.1) is 11.1 Å². The van der Waals surface area contributed by atoms with Crippen molar-refractivity contribution in [1.29, 1.82) is 0 Å². The minimum absolute atomic E-state index is 0.140. The van der Waals surface area contributed by atoms with Gasteiger partial charge < -0.3 is 10.4 Å². The third-order valence-corrected chi connectivity index (χ3v) is 2.96. The quantitative estimate of drug-likeness (QED) is 0.895. The number of aromatic nitrogens is 3. The first kappa shape index (κ1) is 15.0. The summed E-state index contributed by atoms with van der Waals surface area (Å²) in [5.74, 6) is -1.19. The van der Waals surface area contributed by atoms with E-state index in [4.69, 9.17) is 5.11 Å². The van der Waals surface area contributed by atoms with Crippen molar-refractivity contribution in [2.24, 2.45) is 0 Å². The first-order valence-electron chi connectivity index (χ1n) is 6.59. The Bertz CT molecular complexity index is 700. The average molecular weight is 290 g/mol. The van der Waals surface area contributed by atoms with Gasteiger partial charge in [0.25, 0.3) is 0 Å². The van der Waals surface area contributed by atoms with E-state index < -0.39 is 12.0 Å². The first-order chi connectivity index (χ1) is 9.69. The minimum Gasteiger partial charge on any atom is -0.478 e. The second kappa shape index (κ2) is 5.16. The van der Waals surface area contributed by atoms with Crippen LogP contribution in [0.1, 0.15) is 44.1 Å². The SMILES string of the molecule is CC(C(=O)NC(C)(C)C)n1nnc2cc(C(=O)O)ccc21. The average Bonchev–Trinajstić information content (AvgIpc) is 2.78. The van der Waals surface area contributed by atoms with Crippen molar-refractivity contribution in [3.05, 3.63) is 23.8 Å². The number of carboxylic acids is 1. The maximum Gasteiger partial charge on any atom is 0.335 e. The third kappa shape index (κ3) is 3.18. The van der Waals surface area contributed by atoms with Gasteiger partial charge in [-0.3, -0.25) is 4.79 Å². The van der Waals surface area contributed by atoms with E-state index in [0.717, 1.165) is 0 Å². The van der Waals surface area contributed by atoms with E-state index in [0.29, 0.717) is 11.0 Å². The van der Waals surface area contributed by atoms with E-state index in [9.17, 15) is 9.59 Å². The Balaban J connectivity index is 2.34. The van der Waals surface area contributed by atoms with E-state index in [1.807, 2.05) is 20.8 Å². The molecule has 0 bridgehead atoms. The van der Waals surface area contributed by atoms with E-state index >= 15 is 0 Å². The highest BCUT2D eigenvalue weighted by Crippen LogP contribution is 2.18. The number of carboxylic acid groups (broad SMARTS) is 1. The van der Waals surface area contributed by atoms with Crippen molar-refractivity contribution in [2.45, 2.75) is 39.3 Å². The summed E-state index contributed by atoms with van der Waals surface area (Å²) < 4.78 is 1.49. The number of fused-ring (bicyclic) bond motifs is 1. The first-order valence-corrected chi connectivity index (χ1v) is 6.59. The van der Waals surface area contributed by atoms with Gasteiger partial charge in [-0.2, -0.15) is 0 Å². The standard InChI is InChI=1S/C14H18N4O3/c1-8(12(19)15-14(2,3)4)18-11-6-5-9(13(20)21)7-10(11)16-17-18/h5-8H,1-4H3,(H,15,19)(H,20,21). The summed E-state index contributed by atoms with van der Waals surface area (Å²) in [6, 6.07) is 3.98. The molecule has 1 atom stereocenters. The summed E-state index contributed by atoms with van der Waals surface area (Å²) in [6.45, 7) is 7.42. The highest BCUT2D eigenvalue weighted by molar-refractivity contribution is 5.92. The Labute approximate surface area is 121 Å². The number of amides is 1. The van der Waals surface area contributed by atoms with Gasteiger partial charge in [0, 0.05) is 5.54 Å². The minimum atomic E-state index is -1.02. The number of carbonyl (C=O) groups is 2. The zero-order valence-electron chi connectivity index (χ0n) is 12.4. The fraction of sp³-hybridized carbons (Fsp3) is 0.429. The molecule has 112 valence electrons. The molecule has 7 nitrogen and oxygen atoms in total. The van der Waals surface area contributed by atoms with Crippen LogP contribution in [0.4, 0.5) is 0 Å². The van der Waals surface area contributed by atoms with Crippen molar-refractivity contribution in [2.75, 3.05) is 0 Å². The number of hydrogen-bond acceptors (Lipinski definition) is 4. The lowest BCUT2D eigenvalue weighted by Crippen LogP contribution is -2.43. The fourth-order valence-corrected chi connectivity index (χ4v) is 1.95. The molecule has 0 saturated carbocycles. The zero-order valence-corrected chi connectivity index (χ0v) is 12.4. The normalized spacial score (nSPS) is 13.1. The second-order valence-corrected chi connectivity index (χ2v) is 5.96. The predicted octanol–water partition coefficient (Wildman–Crippen LogP) is 1.61. The van der Waals surface area contributed by atoms with Crippen LogP contribution >= 0.6 is 0 Å². The van der Waals surface area contributed by atoms with Crippen LogP contribution in [-0.2, 0) is 4.79 Å². The largest absolute Gasteiger partial charge is 0.478 e. The van der Waals surface area contributed by atoms with Gasteiger partial charge in [0.1, 0.15) is 11.6 Å². The Kier molecular flexibility index (Phi) is 3.67. The molecule has 1 aromatic heterocycles. The molecule has 0 fully saturated rings. The Morgan fingerprint density at radius 2 is 2.00 bits per heavy atom. The molecular weight excluding hydrogens is 272 g/mol. The van der Waals surface area contributed by atoms with Crippen LogP contribution in [0.25, 0.3) is 11.0 Å². The van der Waals surface area contributed by atoms with E-state index in [1.54, 1.807) is 13.0 Å². The van der Waals surface area contributed by atoms with E-state index in [2.05, 4.69) is 15.6 Å². The number of aromatic carboxylic acids is 1. The smallest absolute Gasteiger partial charge is 0.335 e. The summed E-state index contributed by atoms with van der Waals surface area (Å²) in [7, 11) is 0. The number of hydrogen-bond donors (Lipinski definition) is 2. The molecule has 7 heteroatoms. The Morgan fingerprint density at radius 3 is 2.57 bits per heavy atom. The lowest BCUT2D eigenvalue weighted by atomic mass is 10.1. The molecule has 0 aliphatic rings. The molecule has 2 N–H and O–H groups in total. The fourth-order valence-electron chi connectivity index (χ4n) is 1.95. The van der Waals surface area contributed by atoms with Crippen molar-refractivity contribution >= 4 is 22.9 Å². The molecule has 0 aliphatic carbocycles. The Morgan fingerprint density at radius 1 is 1.33 bits per heavy atom. The summed E-state index contributed by atoms with van der Waals surface area (Å²) in [5, 5.41) is 19.7. The van der Waals surface area contributed by atoms with Crippen LogP contribution in [0.3, 0.4) is 0 Å². The van der Waals surface area contributed by atoms with Crippen LogP contribution in [0.5, 0.6) is 0 Å².